The standard InChI is InChI=1S/C14H20ClNO/c15-13-7-6-12(8-14(13)16)10-17-9-11-4-2-1-3-5-11/h6-8,11H,1-5,9-10,16H2. The van der Waals surface area contributed by atoms with Crippen molar-refractivity contribution in [3.8, 4) is 0 Å². The fourth-order valence-corrected chi connectivity index (χ4v) is 2.50. The van der Waals surface area contributed by atoms with Gasteiger partial charge in [-0.2, -0.15) is 0 Å². The first kappa shape index (κ1) is 12.7. The van der Waals surface area contributed by atoms with Crippen molar-refractivity contribution in [2.45, 2.75) is 38.7 Å². The number of halogens is 1. The maximum absolute atomic E-state index is 5.87. The predicted molar refractivity (Wildman–Crippen MR) is 72.1 cm³/mol. The Kier molecular flexibility index (Phi) is 4.69. The SMILES string of the molecule is Nc1cc(COCC2CCCCC2)ccc1Cl. The van der Waals surface area contributed by atoms with Crippen LogP contribution in [0.1, 0.15) is 37.7 Å². The predicted octanol–water partition coefficient (Wildman–Crippen LogP) is 4.02. The maximum Gasteiger partial charge on any atom is 0.0717 e. The monoisotopic (exact) mass is 253 g/mol. The minimum atomic E-state index is 0.612. The van der Waals surface area contributed by atoms with Gasteiger partial charge in [-0.05, 0) is 36.5 Å². The summed E-state index contributed by atoms with van der Waals surface area (Å²) in [4.78, 5) is 0. The molecule has 0 saturated heterocycles. The Hall–Kier alpha value is -0.730. The van der Waals surface area contributed by atoms with Gasteiger partial charge in [0, 0.05) is 6.61 Å². The van der Waals surface area contributed by atoms with Gasteiger partial charge in [-0.25, -0.2) is 0 Å². The second-order valence-corrected chi connectivity index (χ2v) is 5.28. The van der Waals surface area contributed by atoms with Crippen LogP contribution >= 0.6 is 11.6 Å². The summed E-state index contributed by atoms with van der Waals surface area (Å²) in [5.74, 6) is 0.758. The van der Waals surface area contributed by atoms with Crippen LogP contribution < -0.4 is 5.73 Å². The van der Waals surface area contributed by atoms with Crippen LogP contribution in [0.25, 0.3) is 0 Å². The lowest BCUT2D eigenvalue weighted by Gasteiger charge is -2.21. The Balaban J connectivity index is 1.75. The van der Waals surface area contributed by atoms with Gasteiger partial charge >= 0.3 is 0 Å². The van der Waals surface area contributed by atoms with Crippen LogP contribution in [0.4, 0.5) is 5.69 Å². The fourth-order valence-electron chi connectivity index (χ4n) is 2.38. The van der Waals surface area contributed by atoms with Crippen LogP contribution in [0, 0.1) is 5.92 Å². The summed E-state index contributed by atoms with van der Waals surface area (Å²) < 4.78 is 5.76. The van der Waals surface area contributed by atoms with Crippen LogP contribution in [-0.4, -0.2) is 6.61 Å². The van der Waals surface area contributed by atoms with E-state index in [1.54, 1.807) is 0 Å². The molecule has 17 heavy (non-hydrogen) atoms. The lowest BCUT2D eigenvalue weighted by molar-refractivity contribution is 0.0739. The van der Waals surface area contributed by atoms with E-state index in [2.05, 4.69) is 0 Å². The second-order valence-electron chi connectivity index (χ2n) is 4.88. The number of nitrogen functional groups attached to an aromatic ring is 1. The molecule has 3 heteroatoms. The molecule has 0 amide bonds. The molecular weight excluding hydrogens is 234 g/mol. The second kappa shape index (κ2) is 6.27. The number of benzene rings is 1. The van der Waals surface area contributed by atoms with Crippen molar-refractivity contribution in [3.63, 3.8) is 0 Å². The highest BCUT2D eigenvalue weighted by molar-refractivity contribution is 6.33. The van der Waals surface area contributed by atoms with E-state index in [1.807, 2.05) is 18.2 Å². The molecule has 0 bridgehead atoms. The van der Waals surface area contributed by atoms with E-state index >= 15 is 0 Å². The smallest absolute Gasteiger partial charge is 0.0717 e. The zero-order chi connectivity index (χ0) is 12.1. The highest BCUT2D eigenvalue weighted by atomic mass is 35.5. The summed E-state index contributed by atoms with van der Waals surface area (Å²) in [5.41, 5.74) is 7.48. The zero-order valence-electron chi connectivity index (χ0n) is 10.1. The highest BCUT2D eigenvalue weighted by Crippen LogP contribution is 2.24. The lowest BCUT2D eigenvalue weighted by atomic mass is 9.90. The molecule has 0 spiro atoms. The molecule has 0 radical (unpaired) electrons. The van der Waals surface area contributed by atoms with Gasteiger partial charge in [-0.1, -0.05) is 36.9 Å². The Morgan fingerprint density at radius 1 is 1.24 bits per heavy atom. The Labute approximate surface area is 108 Å². The van der Waals surface area contributed by atoms with Crippen molar-refractivity contribution in [1.29, 1.82) is 0 Å². The van der Waals surface area contributed by atoms with E-state index in [-0.39, 0.29) is 0 Å². The summed E-state index contributed by atoms with van der Waals surface area (Å²) in [6.45, 7) is 1.51. The number of hydrogen-bond acceptors (Lipinski definition) is 2. The van der Waals surface area contributed by atoms with E-state index in [4.69, 9.17) is 22.1 Å². The largest absolute Gasteiger partial charge is 0.398 e. The molecule has 0 atom stereocenters. The third kappa shape index (κ3) is 3.90. The van der Waals surface area contributed by atoms with Gasteiger partial charge in [0.05, 0.1) is 17.3 Å². The molecule has 1 fully saturated rings. The quantitative estimate of drug-likeness (QED) is 0.823. The van der Waals surface area contributed by atoms with Gasteiger partial charge in [0.15, 0.2) is 0 Å². The van der Waals surface area contributed by atoms with Crippen LogP contribution in [0.15, 0.2) is 18.2 Å². The number of hydrogen-bond donors (Lipinski definition) is 1. The van der Waals surface area contributed by atoms with Gasteiger partial charge in [0.2, 0.25) is 0 Å². The van der Waals surface area contributed by atoms with Crippen molar-refractivity contribution in [2.24, 2.45) is 5.92 Å². The fraction of sp³-hybridized carbons (Fsp3) is 0.571. The first-order chi connectivity index (χ1) is 8.25. The third-order valence-electron chi connectivity index (χ3n) is 3.41. The van der Waals surface area contributed by atoms with E-state index < -0.39 is 0 Å². The first-order valence-electron chi connectivity index (χ1n) is 6.37. The lowest BCUT2D eigenvalue weighted by Crippen LogP contribution is -2.13. The number of ether oxygens (including phenoxy) is 1. The van der Waals surface area contributed by atoms with Crippen LogP contribution in [-0.2, 0) is 11.3 Å². The third-order valence-corrected chi connectivity index (χ3v) is 3.75. The normalized spacial score (nSPS) is 17.2. The first-order valence-corrected chi connectivity index (χ1v) is 6.75. The van der Waals surface area contributed by atoms with E-state index in [0.717, 1.165) is 18.1 Å². The zero-order valence-corrected chi connectivity index (χ0v) is 10.9. The molecule has 2 N–H and O–H groups in total. The van der Waals surface area contributed by atoms with Crippen molar-refractivity contribution in [1.82, 2.24) is 0 Å². The van der Waals surface area contributed by atoms with E-state index in [9.17, 15) is 0 Å². The van der Waals surface area contributed by atoms with Crippen LogP contribution in [0.2, 0.25) is 5.02 Å². The summed E-state index contributed by atoms with van der Waals surface area (Å²) in [6, 6.07) is 5.69. The molecule has 1 saturated carbocycles. The van der Waals surface area contributed by atoms with Crippen molar-refractivity contribution < 1.29 is 4.74 Å². The molecule has 94 valence electrons. The molecule has 0 heterocycles. The van der Waals surface area contributed by atoms with Crippen molar-refractivity contribution in [2.75, 3.05) is 12.3 Å². The molecular formula is C14H20ClNO. The van der Waals surface area contributed by atoms with Crippen molar-refractivity contribution >= 4 is 17.3 Å². The topological polar surface area (TPSA) is 35.2 Å². The minimum Gasteiger partial charge on any atom is -0.398 e. The molecule has 1 aliphatic rings. The number of anilines is 1. The maximum atomic E-state index is 5.87. The number of rotatable bonds is 4. The minimum absolute atomic E-state index is 0.612. The molecule has 0 aromatic heterocycles. The average molecular weight is 254 g/mol. The Morgan fingerprint density at radius 2 is 2.00 bits per heavy atom. The molecule has 2 nitrogen and oxygen atoms in total. The van der Waals surface area contributed by atoms with E-state index in [0.29, 0.717) is 17.3 Å². The van der Waals surface area contributed by atoms with Crippen LogP contribution in [0.3, 0.4) is 0 Å². The van der Waals surface area contributed by atoms with Crippen LogP contribution in [0.5, 0.6) is 0 Å². The van der Waals surface area contributed by atoms with Gasteiger partial charge in [-0.3, -0.25) is 0 Å². The van der Waals surface area contributed by atoms with Gasteiger partial charge in [0.25, 0.3) is 0 Å². The molecule has 2 rings (SSSR count). The summed E-state index contributed by atoms with van der Waals surface area (Å²) in [5, 5.41) is 0.612. The molecule has 0 unspecified atom stereocenters. The summed E-state index contributed by atoms with van der Waals surface area (Å²) in [7, 11) is 0. The van der Waals surface area contributed by atoms with Gasteiger partial charge in [0.1, 0.15) is 0 Å². The molecule has 1 aliphatic carbocycles. The average Bonchev–Trinajstić information content (AvgIpc) is 2.35. The molecule has 1 aromatic carbocycles. The van der Waals surface area contributed by atoms with E-state index in [1.165, 1.54) is 32.1 Å². The number of nitrogens with two attached hydrogens (primary N) is 1. The summed E-state index contributed by atoms with van der Waals surface area (Å²) in [6.07, 6.45) is 6.76. The van der Waals surface area contributed by atoms with Gasteiger partial charge in [-0.15, -0.1) is 0 Å². The van der Waals surface area contributed by atoms with Gasteiger partial charge < -0.3 is 10.5 Å². The Morgan fingerprint density at radius 3 is 2.71 bits per heavy atom. The highest BCUT2D eigenvalue weighted by Gasteiger charge is 2.13. The van der Waals surface area contributed by atoms with Crippen molar-refractivity contribution in [3.05, 3.63) is 28.8 Å². The summed E-state index contributed by atoms with van der Waals surface area (Å²) >= 11 is 5.87. The molecule has 1 aromatic rings. The Bertz CT molecular complexity index is 361. The molecule has 0 aliphatic heterocycles.